The standard InChI is InChI=1S/C17H21N3O.2ClH/c1-3-17(9-5-11-19-17)16(21)20-14-8-7-12(2)15-13(14)6-4-10-18-15;;/h4,6-8,10,19H,3,5,9,11H2,1-2H3,(H,20,21);2*1H. The summed E-state index contributed by atoms with van der Waals surface area (Å²) in [5, 5.41) is 7.47. The van der Waals surface area contributed by atoms with Crippen molar-refractivity contribution in [2.75, 3.05) is 11.9 Å². The Morgan fingerprint density at radius 3 is 2.78 bits per heavy atom. The normalized spacial score (nSPS) is 19.7. The van der Waals surface area contributed by atoms with Crippen molar-refractivity contribution >= 4 is 47.3 Å². The van der Waals surface area contributed by atoms with Gasteiger partial charge in [-0.1, -0.05) is 13.0 Å². The minimum Gasteiger partial charge on any atom is -0.324 e. The number of aryl methyl sites for hydroxylation is 1. The first-order valence-electron chi connectivity index (χ1n) is 7.57. The van der Waals surface area contributed by atoms with E-state index in [1.54, 1.807) is 6.20 Å². The molecule has 1 saturated heterocycles. The molecule has 126 valence electrons. The fourth-order valence-corrected chi connectivity index (χ4v) is 3.13. The Hall–Kier alpha value is -1.36. The lowest BCUT2D eigenvalue weighted by molar-refractivity contribution is -0.122. The van der Waals surface area contributed by atoms with E-state index in [1.165, 1.54) is 0 Å². The van der Waals surface area contributed by atoms with E-state index in [2.05, 4.69) is 22.5 Å². The molecule has 2 N–H and O–H groups in total. The quantitative estimate of drug-likeness (QED) is 0.878. The van der Waals surface area contributed by atoms with Crippen LogP contribution in [0.4, 0.5) is 5.69 Å². The van der Waals surface area contributed by atoms with Gasteiger partial charge in [-0.2, -0.15) is 0 Å². The number of nitrogens with one attached hydrogen (secondary N) is 2. The molecule has 1 aliphatic heterocycles. The predicted molar refractivity (Wildman–Crippen MR) is 99.9 cm³/mol. The maximum Gasteiger partial charge on any atom is 0.244 e. The van der Waals surface area contributed by atoms with Gasteiger partial charge in [0, 0.05) is 11.6 Å². The number of rotatable bonds is 3. The van der Waals surface area contributed by atoms with Crippen molar-refractivity contribution in [3.05, 3.63) is 36.0 Å². The van der Waals surface area contributed by atoms with Crippen LogP contribution in [0.25, 0.3) is 10.9 Å². The maximum absolute atomic E-state index is 12.7. The van der Waals surface area contributed by atoms with Gasteiger partial charge in [0.2, 0.25) is 5.91 Å². The van der Waals surface area contributed by atoms with Crippen LogP contribution in [0.15, 0.2) is 30.5 Å². The lowest BCUT2D eigenvalue weighted by atomic mass is 9.93. The Morgan fingerprint density at radius 2 is 2.13 bits per heavy atom. The van der Waals surface area contributed by atoms with Crippen molar-refractivity contribution in [1.82, 2.24) is 10.3 Å². The van der Waals surface area contributed by atoms with Gasteiger partial charge in [0.1, 0.15) is 0 Å². The van der Waals surface area contributed by atoms with Crippen LogP contribution in [0.5, 0.6) is 0 Å². The largest absolute Gasteiger partial charge is 0.324 e. The summed E-state index contributed by atoms with van der Waals surface area (Å²) in [6.07, 6.45) is 4.54. The first-order chi connectivity index (χ1) is 10.2. The summed E-state index contributed by atoms with van der Waals surface area (Å²) in [7, 11) is 0. The second kappa shape index (κ2) is 7.95. The van der Waals surface area contributed by atoms with Gasteiger partial charge < -0.3 is 10.6 Å². The van der Waals surface area contributed by atoms with E-state index < -0.39 is 5.54 Å². The minimum absolute atomic E-state index is 0. The molecule has 0 saturated carbocycles. The number of anilines is 1. The van der Waals surface area contributed by atoms with E-state index in [1.807, 2.05) is 31.2 Å². The third kappa shape index (κ3) is 3.60. The van der Waals surface area contributed by atoms with E-state index in [0.29, 0.717) is 0 Å². The SMILES string of the molecule is CCC1(C(=O)Nc2ccc(C)c3ncccc23)CCCN1.Cl.Cl. The van der Waals surface area contributed by atoms with Crippen LogP contribution in [0.2, 0.25) is 0 Å². The molecule has 4 nitrogen and oxygen atoms in total. The molecule has 0 aliphatic carbocycles. The molecular weight excluding hydrogens is 333 g/mol. The molecular formula is C17H23Cl2N3O. The number of hydrogen-bond donors (Lipinski definition) is 2. The highest BCUT2D eigenvalue weighted by Gasteiger charge is 2.39. The summed E-state index contributed by atoms with van der Waals surface area (Å²) in [6, 6.07) is 7.88. The Labute approximate surface area is 149 Å². The number of aromatic nitrogens is 1. The molecule has 2 heterocycles. The van der Waals surface area contributed by atoms with Gasteiger partial charge in [-0.15, -0.1) is 24.8 Å². The summed E-state index contributed by atoms with van der Waals surface area (Å²) in [5.41, 5.74) is 2.49. The fraction of sp³-hybridized carbons (Fsp3) is 0.412. The van der Waals surface area contributed by atoms with Crippen LogP contribution in [0.3, 0.4) is 0 Å². The average molecular weight is 356 g/mol. The van der Waals surface area contributed by atoms with Gasteiger partial charge in [0.25, 0.3) is 0 Å². The fourth-order valence-electron chi connectivity index (χ4n) is 3.13. The van der Waals surface area contributed by atoms with Gasteiger partial charge >= 0.3 is 0 Å². The Kier molecular flexibility index (Phi) is 6.81. The molecule has 0 spiro atoms. The molecule has 3 rings (SSSR count). The number of hydrogen-bond acceptors (Lipinski definition) is 3. The minimum atomic E-state index is -0.417. The Balaban J connectivity index is 0.00000132. The summed E-state index contributed by atoms with van der Waals surface area (Å²) in [5.74, 6) is 0.0662. The van der Waals surface area contributed by atoms with E-state index in [0.717, 1.165) is 48.0 Å². The first-order valence-corrected chi connectivity index (χ1v) is 7.57. The first kappa shape index (κ1) is 19.7. The van der Waals surface area contributed by atoms with Crippen LogP contribution in [-0.2, 0) is 4.79 Å². The Bertz CT molecular complexity index is 685. The summed E-state index contributed by atoms with van der Waals surface area (Å²) >= 11 is 0. The van der Waals surface area contributed by atoms with Crippen molar-refractivity contribution in [2.45, 2.75) is 38.6 Å². The van der Waals surface area contributed by atoms with Crippen LogP contribution in [0.1, 0.15) is 31.7 Å². The smallest absolute Gasteiger partial charge is 0.244 e. The van der Waals surface area contributed by atoms with Crippen LogP contribution < -0.4 is 10.6 Å². The molecule has 1 fully saturated rings. The zero-order chi connectivity index (χ0) is 14.9. The van der Waals surface area contributed by atoms with Gasteiger partial charge in [-0.3, -0.25) is 9.78 Å². The van der Waals surface area contributed by atoms with E-state index in [4.69, 9.17) is 0 Å². The topological polar surface area (TPSA) is 54.0 Å². The van der Waals surface area contributed by atoms with Crippen molar-refractivity contribution in [2.24, 2.45) is 0 Å². The van der Waals surface area contributed by atoms with Crippen LogP contribution in [0, 0.1) is 6.92 Å². The molecule has 1 unspecified atom stereocenters. The molecule has 1 atom stereocenters. The van der Waals surface area contributed by atoms with E-state index >= 15 is 0 Å². The zero-order valence-corrected chi connectivity index (χ0v) is 15.0. The third-order valence-electron chi connectivity index (χ3n) is 4.50. The number of amides is 1. The molecule has 1 aromatic heterocycles. The molecule has 1 aromatic carbocycles. The maximum atomic E-state index is 12.7. The van der Waals surface area contributed by atoms with E-state index in [9.17, 15) is 4.79 Å². The number of halogens is 2. The molecule has 0 radical (unpaired) electrons. The third-order valence-corrected chi connectivity index (χ3v) is 4.50. The number of fused-ring (bicyclic) bond motifs is 1. The summed E-state index contributed by atoms with van der Waals surface area (Å²) < 4.78 is 0. The van der Waals surface area contributed by atoms with Crippen molar-refractivity contribution < 1.29 is 4.79 Å². The molecule has 1 aliphatic rings. The monoisotopic (exact) mass is 355 g/mol. The highest BCUT2D eigenvalue weighted by Crippen LogP contribution is 2.28. The van der Waals surface area contributed by atoms with Gasteiger partial charge in [-0.05, 0) is 56.5 Å². The highest BCUT2D eigenvalue weighted by atomic mass is 35.5. The van der Waals surface area contributed by atoms with Gasteiger partial charge in [0.05, 0.1) is 16.7 Å². The number of benzene rings is 1. The Morgan fingerprint density at radius 1 is 1.35 bits per heavy atom. The van der Waals surface area contributed by atoms with Gasteiger partial charge in [0.15, 0.2) is 0 Å². The average Bonchev–Trinajstić information content (AvgIpc) is 3.00. The predicted octanol–water partition coefficient (Wildman–Crippen LogP) is 3.86. The van der Waals surface area contributed by atoms with Crippen molar-refractivity contribution in [3.8, 4) is 0 Å². The van der Waals surface area contributed by atoms with E-state index in [-0.39, 0.29) is 30.7 Å². The zero-order valence-electron chi connectivity index (χ0n) is 13.4. The lowest BCUT2D eigenvalue weighted by Gasteiger charge is -2.27. The van der Waals surface area contributed by atoms with Crippen molar-refractivity contribution in [3.63, 3.8) is 0 Å². The molecule has 6 heteroatoms. The molecule has 2 aromatic rings. The van der Waals surface area contributed by atoms with Crippen molar-refractivity contribution in [1.29, 1.82) is 0 Å². The second-order valence-electron chi connectivity index (χ2n) is 5.75. The number of carbonyl (C=O) groups is 1. The lowest BCUT2D eigenvalue weighted by Crippen LogP contribution is -2.50. The number of carbonyl (C=O) groups excluding carboxylic acids is 1. The second-order valence-corrected chi connectivity index (χ2v) is 5.75. The summed E-state index contributed by atoms with van der Waals surface area (Å²) in [6.45, 7) is 5.01. The van der Waals surface area contributed by atoms with Gasteiger partial charge in [-0.25, -0.2) is 0 Å². The molecule has 1 amide bonds. The number of nitrogens with zero attached hydrogens (tertiary/aromatic N) is 1. The summed E-state index contributed by atoms with van der Waals surface area (Å²) in [4.78, 5) is 17.1. The molecule has 0 bridgehead atoms. The molecule has 23 heavy (non-hydrogen) atoms. The van der Waals surface area contributed by atoms with Crippen LogP contribution in [-0.4, -0.2) is 23.0 Å². The van der Waals surface area contributed by atoms with Crippen LogP contribution >= 0.6 is 24.8 Å². The number of pyridine rings is 1. The highest BCUT2D eigenvalue weighted by molar-refractivity contribution is 6.05.